The van der Waals surface area contributed by atoms with Crippen molar-refractivity contribution in [3.05, 3.63) is 29.8 Å². The van der Waals surface area contributed by atoms with Crippen LogP contribution in [-0.4, -0.2) is 18.6 Å². The summed E-state index contributed by atoms with van der Waals surface area (Å²) in [6, 6.07) is 9.97. The van der Waals surface area contributed by atoms with E-state index in [1.54, 1.807) is 0 Å². The normalized spacial score (nSPS) is 30.0. The van der Waals surface area contributed by atoms with E-state index in [2.05, 4.69) is 34.9 Å². The number of nitrogens with one attached hydrogen (secondary N) is 2. The van der Waals surface area contributed by atoms with Gasteiger partial charge in [0.2, 0.25) is 0 Å². The molecule has 2 heterocycles. The van der Waals surface area contributed by atoms with E-state index in [4.69, 9.17) is 0 Å². The molecular formula is C12H16N2. The Labute approximate surface area is 84.7 Å². The van der Waals surface area contributed by atoms with E-state index in [1.807, 2.05) is 0 Å². The number of rotatable bonds is 0. The Hall–Kier alpha value is -1.02. The number of anilines is 1. The highest BCUT2D eigenvalue weighted by molar-refractivity contribution is 5.54. The second-order valence-electron chi connectivity index (χ2n) is 4.31. The summed E-state index contributed by atoms with van der Waals surface area (Å²) in [5.74, 6) is 0. The van der Waals surface area contributed by atoms with Crippen LogP contribution >= 0.6 is 0 Å². The van der Waals surface area contributed by atoms with Gasteiger partial charge in [0.25, 0.3) is 0 Å². The van der Waals surface area contributed by atoms with Gasteiger partial charge in [-0.25, -0.2) is 0 Å². The van der Waals surface area contributed by atoms with Gasteiger partial charge in [0.15, 0.2) is 0 Å². The quantitative estimate of drug-likeness (QED) is 0.648. The van der Waals surface area contributed by atoms with E-state index in [0.29, 0.717) is 12.1 Å². The maximum absolute atomic E-state index is 3.64. The van der Waals surface area contributed by atoms with Crippen molar-refractivity contribution in [1.82, 2.24) is 5.32 Å². The summed E-state index contributed by atoms with van der Waals surface area (Å²) in [4.78, 5) is 0. The first kappa shape index (κ1) is 8.30. The lowest BCUT2D eigenvalue weighted by molar-refractivity contribution is 0.358. The van der Waals surface area contributed by atoms with E-state index >= 15 is 0 Å². The van der Waals surface area contributed by atoms with Crippen LogP contribution < -0.4 is 10.6 Å². The Morgan fingerprint density at radius 3 is 3.07 bits per heavy atom. The summed E-state index contributed by atoms with van der Waals surface area (Å²) in [6.45, 7) is 1.19. The molecule has 74 valence electrons. The van der Waals surface area contributed by atoms with Crippen molar-refractivity contribution in [3.63, 3.8) is 0 Å². The monoisotopic (exact) mass is 188 g/mol. The highest BCUT2D eigenvalue weighted by Crippen LogP contribution is 2.27. The molecule has 2 nitrogen and oxygen atoms in total. The number of fused-ring (bicyclic) bond motifs is 2. The van der Waals surface area contributed by atoms with Gasteiger partial charge >= 0.3 is 0 Å². The SMILES string of the molecule is c1ccc2c(c1)CC1NCCCC1N2. The van der Waals surface area contributed by atoms with Crippen LogP contribution in [0.1, 0.15) is 18.4 Å². The van der Waals surface area contributed by atoms with Crippen LogP contribution in [0.3, 0.4) is 0 Å². The Bertz CT molecular complexity index is 302. The van der Waals surface area contributed by atoms with Crippen molar-refractivity contribution in [1.29, 1.82) is 0 Å². The summed E-state index contributed by atoms with van der Waals surface area (Å²) in [5, 5.41) is 7.24. The zero-order valence-corrected chi connectivity index (χ0v) is 8.29. The van der Waals surface area contributed by atoms with Gasteiger partial charge in [-0.05, 0) is 37.4 Å². The molecule has 3 rings (SSSR count). The summed E-state index contributed by atoms with van der Waals surface area (Å²) in [5.41, 5.74) is 2.81. The molecule has 1 fully saturated rings. The highest BCUT2D eigenvalue weighted by atomic mass is 15.1. The molecule has 2 aliphatic heterocycles. The Morgan fingerprint density at radius 1 is 1.14 bits per heavy atom. The zero-order chi connectivity index (χ0) is 9.38. The van der Waals surface area contributed by atoms with Gasteiger partial charge in [-0.15, -0.1) is 0 Å². The fourth-order valence-corrected chi connectivity index (χ4v) is 2.62. The number of hydrogen-bond donors (Lipinski definition) is 2. The van der Waals surface area contributed by atoms with Gasteiger partial charge in [-0.2, -0.15) is 0 Å². The van der Waals surface area contributed by atoms with Gasteiger partial charge in [0.05, 0.1) is 0 Å². The zero-order valence-electron chi connectivity index (χ0n) is 8.29. The van der Waals surface area contributed by atoms with Crippen molar-refractivity contribution in [2.75, 3.05) is 11.9 Å². The largest absolute Gasteiger partial charge is 0.381 e. The second kappa shape index (κ2) is 3.28. The lowest BCUT2D eigenvalue weighted by Crippen LogP contribution is -2.52. The van der Waals surface area contributed by atoms with E-state index in [9.17, 15) is 0 Å². The maximum atomic E-state index is 3.64. The molecule has 2 N–H and O–H groups in total. The van der Waals surface area contributed by atoms with Crippen LogP contribution in [0.2, 0.25) is 0 Å². The first-order chi connectivity index (χ1) is 6.93. The minimum Gasteiger partial charge on any atom is -0.381 e. The predicted octanol–water partition coefficient (Wildman–Crippen LogP) is 1.78. The summed E-state index contributed by atoms with van der Waals surface area (Å²) in [7, 11) is 0. The third kappa shape index (κ3) is 1.30. The highest BCUT2D eigenvalue weighted by Gasteiger charge is 2.29. The van der Waals surface area contributed by atoms with Crippen LogP contribution in [0, 0.1) is 0 Å². The van der Waals surface area contributed by atoms with Crippen molar-refractivity contribution in [2.45, 2.75) is 31.3 Å². The molecular weight excluding hydrogens is 172 g/mol. The Balaban J connectivity index is 1.91. The first-order valence-corrected chi connectivity index (χ1v) is 5.51. The molecule has 2 unspecified atom stereocenters. The summed E-state index contributed by atoms with van der Waals surface area (Å²) < 4.78 is 0. The molecule has 1 saturated heterocycles. The average molecular weight is 188 g/mol. The fraction of sp³-hybridized carbons (Fsp3) is 0.500. The Kier molecular flexibility index (Phi) is 1.95. The number of benzene rings is 1. The number of piperidine rings is 1. The minimum absolute atomic E-state index is 0.652. The maximum Gasteiger partial charge on any atom is 0.0418 e. The van der Waals surface area contributed by atoms with Crippen LogP contribution in [-0.2, 0) is 6.42 Å². The van der Waals surface area contributed by atoms with Gasteiger partial charge < -0.3 is 10.6 Å². The van der Waals surface area contributed by atoms with E-state index in [0.717, 1.165) is 0 Å². The smallest absolute Gasteiger partial charge is 0.0418 e. The van der Waals surface area contributed by atoms with Crippen LogP contribution in [0.4, 0.5) is 5.69 Å². The molecule has 1 aromatic carbocycles. The van der Waals surface area contributed by atoms with Crippen molar-refractivity contribution in [2.24, 2.45) is 0 Å². The molecule has 2 heteroatoms. The fourth-order valence-electron chi connectivity index (χ4n) is 2.62. The molecule has 2 atom stereocenters. The van der Waals surface area contributed by atoms with E-state index in [1.165, 1.54) is 37.1 Å². The van der Waals surface area contributed by atoms with Crippen LogP contribution in [0.25, 0.3) is 0 Å². The number of para-hydroxylation sites is 1. The summed E-state index contributed by atoms with van der Waals surface area (Å²) >= 11 is 0. The molecule has 0 bridgehead atoms. The van der Waals surface area contributed by atoms with Crippen LogP contribution in [0.5, 0.6) is 0 Å². The lowest BCUT2D eigenvalue weighted by atomic mass is 9.88. The first-order valence-electron chi connectivity index (χ1n) is 5.51. The van der Waals surface area contributed by atoms with Gasteiger partial charge in [-0.3, -0.25) is 0 Å². The molecule has 0 spiro atoms. The minimum atomic E-state index is 0.652. The predicted molar refractivity (Wildman–Crippen MR) is 58.6 cm³/mol. The average Bonchev–Trinajstić information content (AvgIpc) is 2.26. The third-order valence-electron chi connectivity index (χ3n) is 3.38. The second-order valence-corrected chi connectivity index (χ2v) is 4.31. The molecule has 0 aromatic heterocycles. The molecule has 0 aliphatic carbocycles. The van der Waals surface area contributed by atoms with E-state index < -0.39 is 0 Å². The lowest BCUT2D eigenvalue weighted by Gasteiger charge is -2.38. The van der Waals surface area contributed by atoms with Crippen molar-refractivity contribution >= 4 is 5.69 Å². The molecule has 0 radical (unpaired) electrons. The standard InChI is InChI=1S/C12H16N2/c1-2-5-10-9(4-1)8-12-11(14-10)6-3-7-13-12/h1-2,4-5,11-14H,3,6-8H2. The van der Waals surface area contributed by atoms with Crippen molar-refractivity contribution < 1.29 is 0 Å². The molecule has 2 aliphatic rings. The molecule has 1 aromatic rings. The topological polar surface area (TPSA) is 24.1 Å². The van der Waals surface area contributed by atoms with E-state index in [-0.39, 0.29) is 0 Å². The van der Waals surface area contributed by atoms with Crippen molar-refractivity contribution in [3.8, 4) is 0 Å². The van der Waals surface area contributed by atoms with Crippen LogP contribution in [0.15, 0.2) is 24.3 Å². The Morgan fingerprint density at radius 2 is 2.07 bits per heavy atom. The van der Waals surface area contributed by atoms with Gasteiger partial charge in [-0.1, -0.05) is 18.2 Å². The molecule has 14 heavy (non-hydrogen) atoms. The molecule has 0 amide bonds. The van der Waals surface area contributed by atoms with Gasteiger partial charge in [0, 0.05) is 17.8 Å². The molecule has 0 saturated carbocycles. The third-order valence-corrected chi connectivity index (χ3v) is 3.38. The van der Waals surface area contributed by atoms with Gasteiger partial charge in [0.1, 0.15) is 0 Å². The number of hydrogen-bond acceptors (Lipinski definition) is 2. The summed E-state index contributed by atoms with van der Waals surface area (Å²) in [6.07, 6.45) is 3.80.